The predicted molar refractivity (Wildman–Crippen MR) is 120 cm³/mol. The van der Waals surface area contributed by atoms with Crippen LogP contribution in [0.5, 0.6) is 5.75 Å². The summed E-state index contributed by atoms with van der Waals surface area (Å²) in [4.78, 5) is 29.0. The molecule has 2 heterocycles. The third-order valence-corrected chi connectivity index (χ3v) is 6.78. The summed E-state index contributed by atoms with van der Waals surface area (Å²) in [5, 5.41) is 6.97. The smallest absolute Gasteiger partial charge is 0.317 e. The zero-order chi connectivity index (χ0) is 22.6. The number of aromatic nitrogens is 1. The number of carbonyl (C=O) groups is 2. The van der Waals surface area contributed by atoms with E-state index in [4.69, 9.17) is 9.26 Å². The van der Waals surface area contributed by atoms with Crippen LogP contribution in [0.4, 0.5) is 4.79 Å². The Labute approximate surface area is 188 Å². The molecule has 0 radical (unpaired) electrons. The molecule has 0 unspecified atom stereocenters. The molecule has 1 N–H and O–H groups in total. The highest BCUT2D eigenvalue weighted by molar-refractivity contribution is 5.91. The fourth-order valence-electron chi connectivity index (χ4n) is 4.83. The van der Waals surface area contributed by atoms with E-state index in [2.05, 4.69) is 22.6 Å². The fourth-order valence-corrected chi connectivity index (χ4v) is 4.83. The lowest BCUT2D eigenvalue weighted by atomic mass is 9.69. The molecule has 8 nitrogen and oxygen atoms in total. The second kappa shape index (κ2) is 9.63. The number of nitrogens with zero attached hydrogens (tertiary/aromatic N) is 3. The van der Waals surface area contributed by atoms with Crippen LogP contribution in [0.15, 0.2) is 34.9 Å². The molecule has 0 spiro atoms. The van der Waals surface area contributed by atoms with Crippen LogP contribution in [-0.2, 0) is 5.41 Å². The summed E-state index contributed by atoms with van der Waals surface area (Å²) in [6.07, 6.45) is 5.72. The Balaban J connectivity index is 1.34. The Hall–Kier alpha value is -3.03. The van der Waals surface area contributed by atoms with Crippen LogP contribution in [0.2, 0.25) is 0 Å². The van der Waals surface area contributed by atoms with E-state index in [0.29, 0.717) is 38.4 Å². The quantitative estimate of drug-likeness (QED) is 0.770. The van der Waals surface area contributed by atoms with Crippen molar-refractivity contribution in [1.82, 2.24) is 20.3 Å². The van der Waals surface area contributed by atoms with E-state index in [1.807, 2.05) is 12.1 Å². The van der Waals surface area contributed by atoms with Gasteiger partial charge in [0.15, 0.2) is 0 Å². The molecule has 3 amide bonds. The Kier molecular flexibility index (Phi) is 6.67. The number of methoxy groups -OCH3 is 1. The molecule has 2 aromatic rings. The third kappa shape index (κ3) is 4.74. The van der Waals surface area contributed by atoms with Gasteiger partial charge in [0.2, 0.25) is 5.76 Å². The second-order valence-electron chi connectivity index (χ2n) is 8.84. The van der Waals surface area contributed by atoms with Crippen LogP contribution in [0, 0.1) is 6.92 Å². The van der Waals surface area contributed by atoms with E-state index in [9.17, 15) is 9.59 Å². The van der Waals surface area contributed by atoms with Crippen molar-refractivity contribution in [1.29, 1.82) is 0 Å². The fraction of sp³-hybridized carbons (Fsp3) is 0.542. The summed E-state index contributed by atoms with van der Waals surface area (Å²) >= 11 is 0. The van der Waals surface area contributed by atoms with Gasteiger partial charge in [-0.05, 0) is 37.5 Å². The van der Waals surface area contributed by atoms with Gasteiger partial charge in [0.05, 0.1) is 12.8 Å². The molecule has 172 valence electrons. The lowest BCUT2D eigenvalue weighted by Crippen LogP contribution is -2.54. The van der Waals surface area contributed by atoms with Gasteiger partial charge in [-0.15, -0.1) is 0 Å². The van der Waals surface area contributed by atoms with Crippen LogP contribution < -0.4 is 10.1 Å². The molecule has 8 heteroatoms. The number of rotatable bonds is 5. The van der Waals surface area contributed by atoms with Crippen molar-refractivity contribution in [3.8, 4) is 5.75 Å². The number of hydrogen-bond acceptors (Lipinski definition) is 5. The van der Waals surface area contributed by atoms with Crippen molar-refractivity contribution in [3.63, 3.8) is 0 Å². The Morgan fingerprint density at radius 1 is 1.06 bits per heavy atom. The molecule has 2 aliphatic rings. The summed E-state index contributed by atoms with van der Waals surface area (Å²) < 4.78 is 10.4. The zero-order valence-corrected chi connectivity index (χ0v) is 18.9. The van der Waals surface area contributed by atoms with Crippen LogP contribution in [-0.4, -0.2) is 66.7 Å². The van der Waals surface area contributed by atoms with Gasteiger partial charge in [-0.25, -0.2) is 4.79 Å². The molecule has 2 fully saturated rings. The molecule has 1 aliphatic carbocycles. The maximum atomic E-state index is 12.9. The Morgan fingerprint density at radius 2 is 1.72 bits per heavy atom. The molecule has 1 aliphatic heterocycles. The Morgan fingerprint density at radius 3 is 2.31 bits per heavy atom. The van der Waals surface area contributed by atoms with Gasteiger partial charge in [0, 0.05) is 44.2 Å². The van der Waals surface area contributed by atoms with Gasteiger partial charge in [-0.3, -0.25) is 4.79 Å². The highest BCUT2D eigenvalue weighted by Crippen LogP contribution is 2.39. The number of ether oxygens (including phenoxy) is 1. The minimum Gasteiger partial charge on any atom is -0.497 e. The SMILES string of the molecule is COc1ccc(C2(CNC(=O)N3CCN(C(=O)c4cc(C)no4)CC3)CCCCC2)cc1. The number of aryl methyl sites for hydroxylation is 1. The molecule has 1 aromatic heterocycles. The molecule has 0 atom stereocenters. The van der Waals surface area contributed by atoms with Gasteiger partial charge in [0.1, 0.15) is 5.75 Å². The molecule has 1 saturated heterocycles. The zero-order valence-electron chi connectivity index (χ0n) is 18.9. The standard InChI is InChI=1S/C24H32N4O4/c1-18-16-21(32-26-18)22(29)27-12-14-28(15-13-27)23(30)25-17-24(10-4-3-5-11-24)19-6-8-20(31-2)9-7-19/h6-9,16H,3-5,10-15,17H2,1-2H3,(H,25,30). The van der Waals surface area contributed by atoms with Gasteiger partial charge in [-0.1, -0.05) is 36.6 Å². The summed E-state index contributed by atoms with van der Waals surface area (Å²) in [5.41, 5.74) is 1.90. The number of carbonyl (C=O) groups excluding carboxylic acids is 2. The van der Waals surface area contributed by atoms with Gasteiger partial charge < -0.3 is 24.4 Å². The Bertz CT molecular complexity index is 926. The monoisotopic (exact) mass is 440 g/mol. The van der Waals surface area contributed by atoms with E-state index in [-0.39, 0.29) is 23.1 Å². The van der Waals surface area contributed by atoms with Crippen LogP contribution in [0.3, 0.4) is 0 Å². The van der Waals surface area contributed by atoms with Crippen molar-refractivity contribution in [2.45, 2.75) is 44.4 Å². The lowest BCUT2D eigenvalue weighted by Gasteiger charge is -2.39. The second-order valence-corrected chi connectivity index (χ2v) is 8.84. The number of urea groups is 1. The summed E-state index contributed by atoms with van der Waals surface area (Å²) in [7, 11) is 1.67. The molecule has 0 bridgehead atoms. The van der Waals surface area contributed by atoms with E-state index >= 15 is 0 Å². The van der Waals surface area contributed by atoms with Gasteiger partial charge in [0.25, 0.3) is 5.91 Å². The summed E-state index contributed by atoms with van der Waals surface area (Å²) in [6.45, 7) is 4.37. The topological polar surface area (TPSA) is 87.9 Å². The number of nitrogens with one attached hydrogen (secondary N) is 1. The summed E-state index contributed by atoms with van der Waals surface area (Å²) in [6, 6.07) is 9.84. The van der Waals surface area contributed by atoms with Crippen molar-refractivity contribution < 1.29 is 18.8 Å². The van der Waals surface area contributed by atoms with Crippen molar-refractivity contribution in [2.24, 2.45) is 0 Å². The number of hydrogen-bond donors (Lipinski definition) is 1. The highest BCUT2D eigenvalue weighted by Gasteiger charge is 2.35. The van der Waals surface area contributed by atoms with Crippen LogP contribution in [0.25, 0.3) is 0 Å². The molecular weight excluding hydrogens is 408 g/mol. The molecular formula is C24H32N4O4. The number of benzene rings is 1. The number of piperazine rings is 1. The average molecular weight is 441 g/mol. The lowest BCUT2D eigenvalue weighted by molar-refractivity contribution is 0.0623. The van der Waals surface area contributed by atoms with Crippen molar-refractivity contribution in [3.05, 3.63) is 47.3 Å². The first-order chi connectivity index (χ1) is 15.5. The maximum absolute atomic E-state index is 12.9. The van der Waals surface area contributed by atoms with E-state index < -0.39 is 0 Å². The minimum atomic E-state index is -0.175. The minimum absolute atomic E-state index is 0.0396. The van der Waals surface area contributed by atoms with E-state index in [0.717, 1.165) is 18.6 Å². The molecule has 1 aromatic carbocycles. The predicted octanol–water partition coefficient (Wildman–Crippen LogP) is 3.36. The first-order valence-corrected chi connectivity index (χ1v) is 11.4. The first-order valence-electron chi connectivity index (χ1n) is 11.4. The van der Waals surface area contributed by atoms with Crippen LogP contribution >= 0.6 is 0 Å². The number of amides is 3. The van der Waals surface area contributed by atoms with Crippen molar-refractivity contribution in [2.75, 3.05) is 39.8 Å². The largest absolute Gasteiger partial charge is 0.497 e. The summed E-state index contributed by atoms with van der Waals surface area (Å²) in [5.74, 6) is 0.919. The van der Waals surface area contributed by atoms with Gasteiger partial charge in [-0.2, -0.15) is 0 Å². The maximum Gasteiger partial charge on any atom is 0.317 e. The van der Waals surface area contributed by atoms with Crippen molar-refractivity contribution >= 4 is 11.9 Å². The average Bonchev–Trinajstić information content (AvgIpc) is 3.29. The molecule has 32 heavy (non-hydrogen) atoms. The molecule has 1 saturated carbocycles. The van der Waals surface area contributed by atoms with Crippen LogP contribution in [0.1, 0.15) is 53.9 Å². The van der Waals surface area contributed by atoms with E-state index in [1.165, 1.54) is 24.8 Å². The highest BCUT2D eigenvalue weighted by atomic mass is 16.5. The molecule has 4 rings (SSSR count). The third-order valence-electron chi connectivity index (χ3n) is 6.78. The normalized spacial score (nSPS) is 18.3. The first kappa shape index (κ1) is 22.2. The van der Waals surface area contributed by atoms with E-state index in [1.54, 1.807) is 29.9 Å². The van der Waals surface area contributed by atoms with Gasteiger partial charge >= 0.3 is 6.03 Å².